The Kier molecular flexibility index (Phi) is 4.37. The largest absolute Gasteiger partial charge is 0.478 e. The van der Waals surface area contributed by atoms with Crippen LogP contribution in [0.3, 0.4) is 0 Å². The summed E-state index contributed by atoms with van der Waals surface area (Å²) < 4.78 is 1.76. The summed E-state index contributed by atoms with van der Waals surface area (Å²) in [7, 11) is 3.79. The van der Waals surface area contributed by atoms with Crippen LogP contribution in [0.4, 0.5) is 5.82 Å². The van der Waals surface area contributed by atoms with Crippen LogP contribution in [0.25, 0.3) is 6.08 Å². The fourth-order valence-electron chi connectivity index (χ4n) is 2.31. The van der Waals surface area contributed by atoms with E-state index in [-0.39, 0.29) is 0 Å². The number of carbonyl (C=O) groups is 1. The molecule has 0 saturated carbocycles. The second-order valence-corrected chi connectivity index (χ2v) is 4.84. The zero-order valence-corrected chi connectivity index (χ0v) is 12.3. The van der Waals surface area contributed by atoms with Crippen molar-refractivity contribution in [1.82, 2.24) is 14.8 Å². The second kappa shape index (κ2) is 6.21. The number of aromatic nitrogens is 3. The molecule has 0 aliphatic carbocycles. The summed E-state index contributed by atoms with van der Waals surface area (Å²) in [4.78, 5) is 16.9. The first kappa shape index (κ1) is 14.8. The molecule has 110 valence electrons. The van der Waals surface area contributed by atoms with Crippen molar-refractivity contribution in [2.45, 2.75) is 13.5 Å². The van der Waals surface area contributed by atoms with Crippen LogP contribution in [-0.4, -0.2) is 32.9 Å². The van der Waals surface area contributed by atoms with Gasteiger partial charge in [-0.05, 0) is 24.6 Å². The normalized spacial score (nSPS) is 11.0. The molecule has 0 bridgehead atoms. The highest BCUT2D eigenvalue weighted by Gasteiger charge is 2.15. The zero-order valence-electron chi connectivity index (χ0n) is 12.3. The second-order valence-electron chi connectivity index (χ2n) is 4.84. The molecular weight excluding hydrogens is 268 g/mol. The lowest BCUT2D eigenvalue weighted by Crippen LogP contribution is -2.20. The van der Waals surface area contributed by atoms with E-state index in [1.165, 1.54) is 0 Å². The summed E-state index contributed by atoms with van der Waals surface area (Å²) in [6.45, 7) is 2.53. The minimum absolute atomic E-state index is 0.667. The topological polar surface area (TPSA) is 71.2 Å². The Balaban J connectivity index is 2.32. The third kappa shape index (κ3) is 3.47. The van der Waals surface area contributed by atoms with Crippen LogP contribution in [0.15, 0.2) is 30.6 Å². The monoisotopic (exact) mass is 286 g/mol. The SMILES string of the molecule is Cc1nn(C)c(N(C)Cc2cccnc2)c1/C=C/C(=O)O. The Morgan fingerprint density at radius 3 is 2.90 bits per heavy atom. The van der Waals surface area contributed by atoms with Gasteiger partial charge in [0.2, 0.25) is 0 Å². The average molecular weight is 286 g/mol. The van der Waals surface area contributed by atoms with E-state index >= 15 is 0 Å². The summed E-state index contributed by atoms with van der Waals surface area (Å²) in [5, 5.41) is 13.2. The van der Waals surface area contributed by atoms with Gasteiger partial charge in [0.05, 0.1) is 5.69 Å². The Morgan fingerprint density at radius 2 is 2.29 bits per heavy atom. The lowest BCUT2D eigenvalue weighted by Gasteiger charge is -2.20. The molecule has 0 atom stereocenters. The molecule has 0 aliphatic rings. The molecule has 2 heterocycles. The number of pyridine rings is 1. The standard InChI is InChI=1S/C15H18N4O2/c1-11-13(6-7-14(20)21)15(19(3)17-11)18(2)10-12-5-4-8-16-9-12/h4-9H,10H2,1-3H3,(H,20,21)/b7-6+. The number of aryl methyl sites for hydroxylation is 2. The predicted octanol–water partition coefficient (Wildman–Crippen LogP) is 1.86. The number of aliphatic carboxylic acids is 1. The van der Waals surface area contributed by atoms with Crippen LogP contribution in [0.1, 0.15) is 16.8 Å². The number of nitrogens with zero attached hydrogens (tertiary/aromatic N) is 4. The number of carboxylic acid groups (broad SMARTS) is 1. The molecule has 0 aromatic carbocycles. The smallest absolute Gasteiger partial charge is 0.328 e. The van der Waals surface area contributed by atoms with Crippen molar-refractivity contribution >= 4 is 17.9 Å². The van der Waals surface area contributed by atoms with Gasteiger partial charge in [0.25, 0.3) is 0 Å². The molecule has 0 unspecified atom stereocenters. The number of anilines is 1. The van der Waals surface area contributed by atoms with Gasteiger partial charge in [0.15, 0.2) is 0 Å². The molecule has 0 fully saturated rings. The Bertz CT molecular complexity index is 662. The molecule has 6 heteroatoms. The summed E-state index contributed by atoms with van der Waals surface area (Å²) in [6, 6.07) is 3.89. The third-order valence-electron chi connectivity index (χ3n) is 3.13. The van der Waals surface area contributed by atoms with Gasteiger partial charge in [0, 0.05) is 44.7 Å². The van der Waals surface area contributed by atoms with Gasteiger partial charge in [-0.3, -0.25) is 9.67 Å². The van der Waals surface area contributed by atoms with Crippen LogP contribution in [0.5, 0.6) is 0 Å². The Hall–Kier alpha value is -2.63. The van der Waals surface area contributed by atoms with Crippen molar-refractivity contribution in [1.29, 1.82) is 0 Å². The first-order valence-electron chi connectivity index (χ1n) is 6.53. The molecule has 0 saturated heterocycles. The van der Waals surface area contributed by atoms with Crippen molar-refractivity contribution in [2.75, 3.05) is 11.9 Å². The number of hydrogen-bond donors (Lipinski definition) is 1. The van der Waals surface area contributed by atoms with Gasteiger partial charge < -0.3 is 10.0 Å². The van der Waals surface area contributed by atoms with E-state index in [9.17, 15) is 4.79 Å². The molecule has 2 aromatic heterocycles. The fourth-order valence-corrected chi connectivity index (χ4v) is 2.31. The Labute approximate surface area is 123 Å². The van der Waals surface area contributed by atoms with Crippen LogP contribution in [0.2, 0.25) is 0 Å². The number of rotatable bonds is 5. The number of carboxylic acids is 1. The molecule has 21 heavy (non-hydrogen) atoms. The van der Waals surface area contributed by atoms with Crippen molar-refractivity contribution in [2.24, 2.45) is 7.05 Å². The summed E-state index contributed by atoms with van der Waals surface area (Å²) >= 11 is 0. The third-order valence-corrected chi connectivity index (χ3v) is 3.13. The van der Waals surface area contributed by atoms with Crippen LogP contribution < -0.4 is 4.90 Å². The van der Waals surface area contributed by atoms with E-state index in [0.29, 0.717) is 6.54 Å². The van der Waals surface area contributed by atoms with E-state index in [1.54, 1.807) is 17.0 Å². The fraction of sp³-hybridized carbons (Fsp3) is 0.267. The molecule has 0 aliphatic heterocycles. The quantitative estimate of drug-likeness (QED) is 0.849. The first-order chi connectivity index (χ1) is 9.99. The van der Waals surface area contributed by atoms with Gasteiger partial charge in [-0.1, -0.05) is 6.07 Å². The van der Waals surface area contributed by atoms with Gasteiger partial charge >= 0.3 is 5.97 Å². The predicted molar refractivity (Wildman–Crippen MR) is 81.0 cm³/mol. The van der Waals surface area contributed by atoms with E-state index in [2.05, 4.69) is 10.1 Å². The lowest BCUT2D eigenvalue weighted by molar-refractivity contribution is -0.131. The molecule has 6 nitrogen and oxygen atoms in total. The van der Waals surface area contributed by atoms with Crippen molar-refractivity contribution in [3.05, 3.63) is 47.4 Å². The molecule has 0 radical (unpaired) electrons. The van der Waals surface area contributed by atoms with Crippen molar-refractivity contribution in [3.8, 4) is 0 Å². The molecule has 0 amide bonds. The summed E-state index contributed by atoms with van der Waals surface area (Å²) in [5.41, 5.74) is 2.68. The molecule has 2 rings (SSSR count). The van der Waals surface area contributed by atoms with E-state index < -0.39 is 5.97 Å². The Morgan fingerprint density at radius 1 is 1.52 bits per heavy atom. The molecular formula is C15H18N4O2. The summed E-state index contributed by atoms with van der Waals surface area (Å²) in [6.07, 6.45) is 6.26. The van der Waals surface area contributed by atoms with Crippen molar-refractivity contribution in [3.63, 3.8) is 0 Å². The van der Waals surface area contributed by atoms with Crippen LogP contribution in [-0.2, 0) is 18.4 Å². The lowest BCUT2D eigenvalue weighted by atomic mass is 10.2. The maximum Gasteiger partial charge on any atom is 0.328 e. The van der Waals surface area contributed by atoms with Gasteiger partial charge in [0.1, 0.15) is 5.82 Å². The van der Waals surface area contributed by atoms with Crippen LogP contribution in [0, 0.1) is 6.92 Å². The van der Waals surface area contributed by atoms with E-state index in [1.807, 2.05) is 44.2 Å². The van der Waals surface area contributed by atoms with Gasteiger partial charge in [-0.25, -0.2) is 4.79 Å². The minimum Gasteiger partial charge on any atom is -0.478 e. The van der Waals surface area contributed by atoms with Crippen LogP contribution >= 0.6 is 0 Å². The van der Waals surface area contributed by atoms with Gasteiger partial charge in [-0.15, -0.1) is 0 Å². The summed E-state index contributed by atoms with van der Waals surface area (Å²) in [5.74, 6) is -0.104. The van der Waals surface area contributed by atoms with E-state index in [4.69, 9.17) is 5.11 Å². The van der Waals surface area contributed by atoms with E-state index in [0.717, 1.165) is 28.7 Å². The van der Waals surface area contributed by atoms with Crippen molar-refractivity contribution < 1.29 is 9.90 Å². The maximum atomic E-state index is 10.7. The average Bonchev–Trinajstić information content (AvgIpc) is 2.71. The molecule has 2 aromatic rings. The zero-order chi connectivity index (χ0) is 15.4. The maximum absolute atomic E-state index is 10.7. The highest BCUT2D eigenvalue weighted by atomic mass is 16.4. The highest BCUT2D eigenvalue weighted by Crippen LogP contribution is 2.24. The number of hydrogen-bond acceptors (Lipinski definition) is 4. The minimum atomic E-state index is -0.973. The molecule has 0 spiro atoms. The molecule has 1 N–H and O–H groups in total. The van der Waals surface area contributed by atoms with Gasteiger partial charge in [-0.2, -0.15) is 5.10 Å². The highest BCUT2D eigenvalue weighted by molar-refractivity contribution is 5.87. The first-order valence-corrected chi connectivity index (χ1v) is 6.53.